The zero-order valence-corrected chi connectivity index (χ0v) is 25.8. The minimum atomic E-state index is -3.83. The van der Waals surface area contributed by atoms with Crippen molar-refractivity contribution in [1.29, 1.82) is 0 Å². The molecule has 0 aliphatic carbocycles. The van der Waals surface area contributed by atoms with Gasteiger partial charge in [0.1, 0.15) is 11.6 Å². The molecule has 0 saturated carbocycles. The molecule has 7 nitrogen and oxygen atoms in total. The van der Waals surface area contributed by atoms with Crippen LogP contribution in [0.25, 0.3) is 22.6 Å². The average molecular weight is 631 g/mol. The molecule has 45 heavy (non-hydrogen) atoms. The quantitative estimate of drug-likeness (QED) is 0.138. The molecule has 1 aromatic heterocycles. The number of rotatable bonds is 14. The van der Waals surface area contributed by atoms with Crippen LogP contribution in [0.2, 0.25) is 0 Å². The molecular weight excluding hydrogens is 594 g/mol. The van der Waals surface area contributed by atoms with Crippen LogP contribution in [0.1, 0.15) is 36.6 Å². The summed E-state index contributed by atoms with van der Waals surface area (Å²) in [7, 11) is -3.83. The van der Waals surface area contributed by atoms with Crippen molar-refractivity contribution < 1.29 is 21.9 Å². The average Bonchev–Trinajstić information content (AvgIpc) is 3.38. The Morgan fingerprint density at radius 1 is 0.822 bits per heavy atom. The number of ether oxygens (including phenoxy) is 1. The van der Waals surface area contributed by atoms with Gasteiger partial charge in [0.05, 0.1) is 16.3 Å². The van der Waals surface area contributed by atoms with E-state index in [9.17, 15) is 17.2 Å². The smallest absolute Gasteiger partial charge is 0.387 e. The van der Waals surface area contributed by atoms with E-state index in [1.165, 1.54) is 18.2 Å². The Balaban J connectivity index is 1.60. The lowest BCUT2D eigenvalue weighted by atomic mass is 10.1. The van der Waals surface area contributed by atoms with E-state index in [4.69, 9.17) is 10.1 Å². The van der Waals surface area contributed by atoms with Gasteiger partial charge in [0, 0.05) is 37.3 Å². The van der Waals surface area contributed by atoms with Crippen LogP contribution < -0.4 is 9.88 Å². The predicted octanol–water partition coefficient (Wildman–Crippen LogP) is 7.47. The van der Waals surface area contributed by atoms with Gasteiger partial charge < -0.3 is 9.30 Å². The van der Waals surface area contributed by atoms with Gasteiger partial charge in [0.15, 0.2) is 0 Å². The number of nitrogens with zero attached hydrogens (tertiary/aromatic N) is 3. The molecule has 5 rings (SSSR count). The second-order valence-corrected chi connectivity index (χ2v) is 12.4. The molecule has 5 aromatic rings. The van der Waals surface area contributed by atoms with Crippen molar-refractivity contribution in [2.75, 3.05) is 0 Å². The Morgan fingerprint density at radius 2 is 1.47 bits per heavy atom. The second-order valence-electron chi connectivity index (χ2n) is 10.8. The SMILES string of the molecule is CCCCn1c(-c2ccccc2)nc(-c2ccccc2)c1CN(Cc1ccc(S(N)(=O)=O)cc1)Cc1cccc(OC(F)F)c1. The van der Waals surface area contributed by atoms with Gasteiger partial charge >= 0.3 is 6.61 Å². The molecule has 0 saturated heterocycles. The summed E-state index contributed by atoms with van der Waals surface area (Å²) in [4.78, 5) is 7.43. The summed E-state index contributed by atoms with van der Waals surface area (Å²) in [6.07, 6.45) is 1.96. The number of halogens is 2. The molecule has 4 aromatic carbocycles. The molecule has 10 heteroatoms. The molecule has 0 atom stereocenters. The first-order valence-corrected chi connectivity index (χ1v) is 16.3. The summed E-state index contributed by atoms with van der Waals surface area (Å²) in [6, 6.07) is 33.3. The molecule has 0 aliphatic heterocycles. The first-order valence-electron chi connectivity index (χ1n) is 14.8. The lowest BCUT2D eigenvalue weighted by molar-refractivity contribution is -0.0499. The normalized spacial score (nSPS) is 11.8. The second kappa shape index (κ2) is 14.6. The predicted molar refractivity (Wildman–Crippen MR) is 172 cm³/mol. The van der Waals surface area contributed by atoms with E-state index in [0.717, 1.165) is 58.9 Å². The van der Waals surface area contributed by atoms with Crippen LogP contribution in [-0.2, 0) is 36.2 Å². The minimum Gasteiger partial charge on any atom is -0.435 e. The van der Waals surface area contributed by atoms with E-state index in [2.05, 4.69) is 33.3 Å². The van der Waals surface area contributed by atoms with E-state index in [1.807, 2.05) is 54.6 Å². The van der Waals surface area contributed by atoms with E-state index < -0.39 is 16.6 Å². The van der Waals surface area contributed by atoms with Crippen LogP contribution in [0.5, 0.6) is 5.75 Å². The molecule has 0 spiro atoms. The molecule has 0 aliphatic rings. The maximum atomic E-state index is 13.0. The number of unbranched alkanes of at least 4 members (excludes halogenated alkanes) is 1. The maximum Gasteiger partial charge on any atom is 0.387 e. The Morgan fingerprint density at radius 3 is 2.09 bits per heavy atom. The highest BCUT2D eigenvalue weighted by Crippen LogP contribution is 2.32. The highest BCUT2D eigenvalue weighted by molar-refractivity contribution is 7.89. The van der Waals surface area contributed by atoms with Crippen LogP contribution >= 0.6 is 0 Å². The fraction of sp³-hybridized carbons (Fsp3) is 0.229. The number of benzene rings is 4. The Kier molecular flexibility index (Phi) is 10.4. The number of hydrogen-bond acceptors (Lipinski definition) is 5. The van der Waals surface area contributed by atoms with E-state index >= 15 is 0 Å². The largest absolute Gasteiger partial charge is 0.435 e. The van der Waals surface area contributed by atoms with Gasteiger partial charge in [-0.2, -0.15) is 8.78 Å². The number of aromatic nitrogens is 2. The maximum absolute atomic E-state index is 13.0. The summed E-state index contributed by atoms with van der Waals surface area (Å²) < 4.78 is 56.7. The topological polar surface area (TPSA) is 90.5 Å². The van der Waals surface area contributed by atoms with Crippen molar-refractivity contribution >= 4 is 10.0 Å². The van der Waals surface area contributed by atoms with Crippen molar-refractivity contribution in [3.05, 3.63) is 126 Å². The fourth-order valence-corrected chi connectivity index (χ4v) is 5.85. The zero-order chi connectivity index (χ0) is 31.8. The van der Waals surface area contributed by atoms with Crippen LogP contribution in [-0.4, -0.2) is 29.5 Å². The standard InChI is InChI=1S/C35H36F2N4O3S/c1-2-3-21-41-32(33(28-12-6-4-7-13-28)39-34(41)29-14-8-5-9-15-29)25-40(23-26-17-19-31(20-18-26)45(38,42)43)24-27-11-10-16-30(22-27)44-35(36)37/h4-20,22,35H,2-3,21,23-25H2,1H3,(H2,38,42,43). The molecule has 234 valence electrons. The third-order valence-corrected chi connectivity index (χ3v) is 8.38. The van der Waals surface area contributed by atoms with Gasteiger partial charge in [-0.3, -0.25) is 4.90 Å². The number of imidazole rings is 1. The number of sulfonamides is 1. The van der Waals surface area contributed by atoms with Crippen molar-refractivity contribution in [2.24, 2.45) is 5.14 Å². The van der Waals surface area contributed by atoms with Crippen LogP contribution in [0.3, 0.4) is 0 Å². The molecule has 0 amide bonds. The van der Waals surface area contributed by atoms with Gasteiger partial charge in [-0.05, 0) is 41.8 Å². The zero-order valence-electron chi connectivity index (χ0n) is 25.0. The lowest BCUT2D eigenvalue weighted by Gasteiger charge is -2.25. The monoisotopic (exact) mass is 630 g/mol. The van der Waals surface area contributed by atoms with Crippen molar-refractivity contribution in [3.8, 4) is 28.4 Å². The number of alkyl halides is 2. The van der Waals surface area contributed by atoms with Crippen LogP contribution in [0, 0.1) is 0 Å². The van der Waals surface area contributed by atoms with Gasteiger partial charge in [0.2, 0.25) is 10.0 Å². The molecule has 0 radical (unpaired) electrons. The molecule has 1 heterocycles. The Bertz CT molecular complexity index is 1800. The first-order chi connectivity index (χ1) is 21.7. The molecule has 0 unspecified atom stereocenters. The van der Waals surface area contributed by atoms with Crippen LogP contribution in [0.4, 0.5) is 8.78 Å². The first kappa shape index (κ1) is 32.0. The summed E-state index contributed by atoms with van der Waals surface area (Å²) in [5, 5.41) is 5.33. The Labute approximate surface area is 263 Å². The lowest BCUT2D eigenvalue weighted by Crippen LogP contribution is -2.25. The molecular formula is C35H36F2N4O3S. The molecule has 0 fully saturated rings. The van der Waals surface area contributed by atoms with Crippen molar-refractivity contribution in [1.82, 2.24) is 14.5 Å². The Hall–Kier alpha value is -4.38. The van der Waals surface area contributed by atoms with Crippen molar-refractivity contribution in [3.63, 3.8) is 0 Å². The number of primary sulfonamides is 1. The third-order valence-electron chi connectivity index (χ3n) is 7.45. The highest BCUT2D eigenvalue weighted by atomic mass is 32.2. The van der Waals surface area contributed by atoms with Gasteiger partial charge in [-0.1, -0.05) is 98.3 Å². The van der Waals surface area contributed by atoms with E-state index in [1.54, 1.807) is 24.3 Å². The van der Waals surface area contributed by atoms with E-state index in [-0.39, 0.29) is 10.6 Å². The number of hydrogen-bond donors (Lipinski definition) is 1. The summed E-state index contributed by atoms with van der Waals surface area (Å²) in [6.45, 7) is 1.33. The van der Waals surface area contributed by atoms with Gasteiger partial charge in [-0.25, -0.2) is 18.5 Å². The van der Waals surface area contributed by atoms with Crippen molar-refractivity contribution in [2.45, 2.75) is 57.5 Å². The summed E-state index contributed by atoms with van der Waals surface area (Å²) in [5.74, 6) is 0.965. The molecule has 0 bridgehead atoms. The van der Waals surface area contributed by atoms with Gasteiger partial charge in [-0.15, -0.1) is 0 Å². The highest BCUT2D eigenvalue weighted by Gasteiger charge is 2.22. The summed E-state index contributed by atoms with van der Waals surface area (Å²) >= 11 is 0. The third kappa shape index (κ3) is 8.42. The minimum absolute atomic E-state index is 0.0335. The van der Waals surface area contributed by atoms with E-state index in [0.29, 0.717) is 19.6 Å². The fourth-order valence-electron chi connectivity index (χ4n) is 5.34. The van der Waals surface area contributed by atoms with Gasteiger partial charge in [0.25, 0.3) is 0 Å². The van der Waals surface area contributed by atoms with Crippen LogP contribution in [0.15, 0.2) is 114 Å². The summed E-state index contributed by atoms with van der Waals surface area (Å²) in [5.41, 5.74) is 5.55. The molecule has 2 N–H and O–H groups in total. The number of nitrogens with two attached hydrogens (primary N) is 1.